The molecule has 94 valence electrons. The van der Waals surface area contributed by atoms with Gasteiger partial charge in [0.15, 0.2) is 0 Å². The molecule has 9 heteroatoms. The summed E-state index contributed by atoms with van der Waals surface area (Å²) in [5, 5.41) is 0. The Morgan fingerprint density at radius 1 is 1.29 bits per heavy atom. The maximum Gasteiger partial charge on any atom is 0.422 e. The lowest BCUT2D eigenvalue weighted by Gasteiger charge is -2.07. The Bertz CT molecular complexity index is 508. The topological polar surface area (TPSA) is 110 Å². The van der Waals surface area contributed by atoms with Crippen LogP contribution in [0.15, 0.2) is 6.07 Å². The normalized spacial score (nSPS) is 10.8. The minimum absolute atomic E-state index is 0.112. The van der Waals surface area contributed by atoms with Crippen LogP contribution >= 0.6 is 0 Å². The fourth-order valence-corrected chi connectivity index (χ4v) is 1.75. The molecule has 1 heterocycles. The summed E-state index contributed by atoms with van der Waals surface area (Å²) >= 11 is 0. The highest BCUT2D eigenvalue weighted by molar-refractivity contribution is 7.91. The predicted molar refractivity (Wildman–Crippen MR) is 59.6 cm³/mol. The van der Waals surface area contributed by atoms with Crippen molar-refractivity contribution in [3.05, 3.63) is 17.5 Å². The Kier molecular flexibility index (Phi) is 3.84. The molecular weight excluding hydrogens is 248 g/mol. The molecule has 0 atom stereocenters. The fraction of sp³-hybridized carbons (Fsp3) is 0.375. The van der Waals surface area contributed by atoms with E-state index in [0.29, 0.717) is 11.4 Å². The third-order valence-electron chi connectivity index (χ3n) is 1.61. The van der Waals surface area contributed by atoms with Crippen LogP contribution in [0.4, 0.5) is 10.7 Å². The first-order valence-corrected chi connectivity index (χ1v) is 6.01. The average Bonchev–Trinajstić information content (AvgIpc) is 2.13. The van der Waals surface area contributed by atoms with Gasteiger partial charge in [-0.15, -0.1) is 0 Å². The van der Waals surface area contributed by atoms with Crippen molar-refractivity contribution in [3.63, 3.8) is 0 Å². The SMILES string of the molecule is COC(=O)NS(=O)(=O)Nc1nc(C)cc(C)n1. The summed E-state index contributed by atoms with van der Waals surface area (Å²) < 4.78 is 30.6. The van der Waals surface area contributed by atoms with Gasteiger partial charge in [0.05, 0.1) is 7.11 Å². The molecule has 8 nitrogen and oxygen atoms in total. The molecule has 1 amide bonds. The number of hydrogen-bond acceptors (Lipinski definition) is 6. The van der Waals surface area contributed by atoms with Crippen molar-refractivity contribution in [2.24, 2.45) is 0 Å². The van der Waals surface area contributed by atoms with Gasteiger partial charge in [0, 0.05) is 11.4 Å². The molecule has 1 aromatic heterocycles. The van der Waals surface area contributed by atoms with Crippen molar-refractivity contribution < 1.29 is 17.9 Å². The number of anilines is 1. The van der Waals surface area contributed by atoms with Gasteiger partial charge < -0.3 is 4.74 Å². The van der Waals surface area contributed by atoms with Crippen LogP contribution in [0, 0.1) is 13.8 Å². The van der Waals surface area contributed by atoms with Crippen molar-refractivity contribution in [1.29, 1.82) is 0 Å². The molecule has 0 saturated heterocycles. The smallest absolute Gasteiger partial charge is 0.422 e. The molecule has 0 aliphatic heterocycles. The van der Waals surface area contributed by atoms with E-state index in [1.165, 1.54) is 0 Å². The van der Waals surface area contributed by atoms with E-state index in [9.17, 15) is 13.2 Å². The molecule has 0 radical (unpaired) electrons. The molecule has 1 aromatic rings. The Morgan fingerprint density at radius 3 is 2.29 bits per heavy atom. The van der Waals surface area contributed by atoms with Gasteiger partial charge in [-0.1, -0.05) is 0 Å². The van der Waals surface area contributed by atoms with Crippen molar-refractivity contribution in [2.45, 2.75) is 13.8 Å². The third-order valence-corrected chi connectivity index (χ3v) is 2.50. The van der Waals surface area contributed by atoms with Gasteiger partial charge >= 0.3 is 16.3 Å². The van der Waals surface area contributed by atoms with Gasteiger partial charge in [-0.25, -0.2) is 24.2 Å². The Hall–Kier alpha value is -1.90. The highest BCUT2D eigenvalue weighted by atomic mass is 32.2. The summed E-state index contributed by atoms with van der Waals surface area (Å²) in [6.45, 7) is 3.39. The van der Waals surface area contributed by atoms with Crippen molar-refractivity contribution in [1.82, 2.24) is 14.7 Å². The first-order valence-electron chi connectivity index (χ1n) is 4.53. The summed E-state index contributed by atoms with van der Waals surface area (Å²) in [6, 6.07) is 1.69. The predicted octanol–water partition coefficient (Wildman–Crippen LogP) is 0.106. The van der Waals surface area contributed by atoms with Gasteiger partial charge in [-0.05, 0) is 19.9 Å². The van der Waals surface area contributed by atoms with E-state index in [0.717, 1.165) is 7.11 Å². The number of rotatable bonds is 3. The van der Waals surface area contributed by atoms with Crippen LogP contribution in [0.1, 0.15) is 11.4 Å². The quantitative estimate of drug-likeness (QED) is 0.797. The van der Waals surface area contributed by atoms with E-state index in [4.69, 9.17) is 0 Å². The highest BCUT2D eigenvalue weighted by Crippen LogP contribution is 2.04. The van der Waals surface area contributed by atoms with Gasteiger partial charge in [0.1, 0.15) is 0 Å². The summed E-state index contributed by atoms with van der Waals surface area (Å²) in [5.74, 6) is -0.112. The number of hydrogen-bond donors (Lipinski definition) is 2. The Balaban J connectivity index is 2.86. The Morgan fingerprint density at radius 2 is 1.82 bits per heavy atom. The Labute approximate surface area is 98.6 Å². The number of methoxy groups -OCH3 is 1. The molecule has 1 rings (SSSR count). The second-order valence-electron chi connectivity index (χ2n) is 3.17. The summed E-state index contributed by atoms with van der Waals surface area (Å²) in [7, 11) is -3.03. The standard InChI is InChI=1S/C8H12N4O4S/c1-5-4-6(2)10-7(9-5)11-17(14,15)12-8(13)16-3/h4H,1-3H3,(H,12,13)(H,9,10,11). The zero-order valence-corrected chi connectivity index (χ0v) is 10.3. The summed E-state index contributed by atoms with van der Waals surface area (Å²) in [5.41, 5.74) is 1.21. The van der Waals surface area contributed by atoms with Crippen LogP contribution in [-0.4, -0.2) is 31.6 Å². The fourth-order valence-electron chi connectivity index (χ4n) is 1.07. The van der Waals surface area contributed by atoms with Crippen LogP contribution in [-0.2, 0) is 14.9 Å². The first kappa shape index (κ1) is 13.2. The van der Waals surface area contributed by atoms with Gasteiger partial charge in [0.2, 0.25) is 5.95 Å². The minimum atomic E-state index is -4.08. The zero-order chi connectivity index (χ0) is 13.1. The van der Waals surface area contributed by atoms with Crippen LogP contribution in [0.5, 0.6) is 0 Å². The molecule has 0 fully saturated rings. The van der Waals surface area contributed by atoms with Crippen molar-refractivity contribution >= 4 is 22.3 Å². The number of nitrogens with zero attached hydrogens (tertiary/aromatic N) is 2. The molecule has 17 heavy (non-hydrogen) atoms. The molecule has 0 unspecified atom stereocenters. The van der Waals surface area contributed by atoms with E-state index in [1.807, 2.05) is 4.72 Å². The lowest BCUT2D eigenvalue weighted by molar-refractivity contribution is 0.177. The largest absolute Gasteiger partial charge is 0.452 e. The van der Waals surface area contributed by atoms with Crippen molar-refractivity contribution in [3.8, 4) is 0 Å². The van der Waals surface area contributed by atoms with Crippen LogP contribution in [0.2, 0.25) is 0 Å². The number of aromatic nitrogens is 2. The number of carbonyl (C=O) groups excluding carboxylic acids is 1. The monoisotopic (exact) mass is 260 g/mol. The molecule has 0 spiro atoms. The number of nitrogens with one attached hydrogen (secondary N) is 2. The number of carbonyl (C=O) groups is 1. The first-order chi connectivity index (χ1) is 7.82. The molecule has 0 aliphatic rings. The van der Waals surface area contributed by atoms with E-state index in [-0.39, 0.29) is 5.95 Å². The lowest BCUT2D eigenvalue weighted by atomic mass is 10.4. The van der Waals surface area contributed by atoms with E-state index >= 15 is 0 Å². The summed E-state index contributed by atoms with van der Waals surface area (Å²) in [6.07, 6.45) is -1.10. The number of ether oxygens (including phenoxy) is 1. The number of aryl methyl sites for hydroxylation is 2. The van der Waals surface area contributed by atoms with E-state index in [2.05, 4.69) is 14.7 Å². The van der Waals surface area contributed by atoms with E-state index < -0.39 is 16.3 Å². The third kappa shape index (κ3) is 4.23. The highest BCUT2D eigenvalue weighted by Gasteiger charge is 2.16. The van der Waals surface area contributed by atoms with E-state index in [1.54, 1.807) is 24.6 Å². The number of amides is 1. The van der Waals surface area contributed by atoms with Crippen LogP contribution in [0.25, 0.3) is 0 Å². The molecule has 0 bridgehead atoms. The molecular formula is C8H12N4O4S. The van der Waals surface area contributed by atoms with Gasteiger partial charge in [-0.3, -0.25) is 0 Å². The van der Waals surface area contributed by atoms with Crippen LogP contribution in [0.3, 0.4) is 0 Å². The minimum Gasteiger partial charge on any atom is -0.452 e. The lowest BCUT2D eigenvalue weighted by Crippen LogP contribution is -2.35. The molecule has 0 saturated carbocycles. The second-order valence-corrected chi connectivity index (χ2v) is 4.59. The van der Waals surface area contributed by atoms with Crippen LogP contribution < -0.4 is 9.44 Å². The molecule has 2 N–H and O–H groups in total. The summed E-state index contributed by atoms with van der Waals surface area (Å²) in [4.78, 5) is 18.5. The maximum atomic E-state index is 11.4. The van der Waals surface area contributed by atoms with Crippen molar-refractivity contribution in [2.75, 3.05) is 11.8 Å². The maximum absolute atomic E-state index is 11.4. The zero-order valence-electron chi connectivity index (χ0n) is 9.51. The average molecular weight is 260 g/mol. The molecule has 0 aliphatic carbocycles. The molecule has 0 aromatic carbocycles. The second kappa shape index (κ2) is 4.95. The van der Waals surface area contributed by atoms with Gasteiger partial charge in [-0.2, -0.15) is 8.42 Å². The van der Waals surface area contributed by atoms with Gasteiger partial charge in [0.25, 0.3) is 0 Å².